The normalized spacial score (nSPS) is 11.4. The molecule has 3 N–H and O–H groups in total. The van der Waals surface area contributed by atoms with E-state index in [1.807, 2.05) is 38.1 Å². The van der Waals surface area contributed by atoms with E-state index < -0.39 is 5.91 Å². The van der Waals surface area contributed by atoms with E-state index in [4.69, 9.17) is 15.1 Å². The van der Waals surface area contributed by atoms with E-state index in [0.717, 1.165) is 17.5 Å². The van der Waals surface area contributed by atoms with Gasteiger partial charge in [0.05, 0.1) is 12.3 Å². The lowest BCUT2D eigenvalue weighted by Gasteiger charge is -2.08. The molecule has 0 saturated heterocycles. The number of hydrazone groups is 1. The highest BCUT2D eigenvalue weighted by molar-refractivity contribution is 6.02. The first-order valence-corrected chi connectivity index (χ1v) is 10.7. The second-order valence-corrected chi connectivity index (χ2v) is 7.55. The molecule has 2 aromatic carbocycles. The molecule has 0 radical (unpaired) electrons. The maximum atomic E-state index is 13.1. The van der Waals surface area contributed by atoms with Gasteiger partial charge in [-0.15, -0.1) is 5.10 Å². The summed E-state index contributed by atoms with van der Waals surface area (Å²) in [5.74, 6) is 0.284. The molecule has 11 nitrogen and oxygen atoms in total. The summed E-state index contributed by atoms with van der Waals surface area (Å²) in [5.41, 5.74) is 12.1. The number of aryl methyl sites for hydroxylation is 1. The molecule has 0 fully saturated rings. The van der Waals surface area contributed by atoms with Crippen LogP contribution >= 0.6 is 0 Å². The van der Waals surface area contributed by atoms with E-state index >= 15 is 0 Å². The molecular weight excluding hydrogens is 436 g/mol. The van der Waals surface area contributed by atoms with Gasteiger partial charge in [0, 0.05) is 5.56 Å². The first-order chi connectivity index (χ1) is 16.5. The number of carbonyl (C=O) groups excluding carboxylic acids is 1. The first-order valence-electron chi connectivity index (χ1n) is 10.7. The Morgan fingerprint density at radius 3 is 2.53 bits per heavy atom. The van der Waals surface area contributed by atoms with E-state index in [1.165, 1.54) is 4.68 Å². The second kappa shape index (κ2) is 9.94. The molecule has 11 heteroatoms. The Hall–Kier alpha value is -4.54. The van der Waals surface area contributed by atoms with Gasteiger partial charge in [0.2, 0.25) is 11.6 Å². The molecule has 34 heavy (non-hydrogen) atoms. The van der Waals surface area contributed by atoms with Crippen molar-refractivity contribution < 1.29 is 14.2 Å². The molecule has 174 valence electrons. The van der Waals surface area contributed by atoms with Crippen molar-refractivity contribution in [1.29, 1.82) is 0 Å². The number of amides is 1. The van der Waals surface area contributed by atoms with Gasteiger partial charge in [0.15, 0.2) is 5.69 Å². The topological polar surface area (TPSA) is 146 Å². The van der Waals surface area contributed by atoms with Crippen molar-refractivity contribution in [1.82, 2.24) is 30.7 Å². The minimum atomic E-state index is -0.547. The Bertz CT molecular complexity index is 1310. The summed E-state index contributed by atoms with van der Waals surface area (Å²) in [6, 6.07) is 15.0. The lowest BCUT2D eigenvalue weighted by molar-refractivity contribution is 0.0950. The van der Waals surface area contributed by atoms with Crippen LogP contribution in [-0.2, 0) is 0 Å². The van der Waals surface area contributed by atoms with E-state index in [0.29, 0.717) is 29.3 Å². The number of benzene rings is 2. The highest BCUT2D eigenvalue weighted by Crippen LogP contribution is 2.28. The number of anilines is 1. The Morgan fingerprint density at radius 2 is 1.88 bits per heavy atom. The second-order valence-electron chi connectivity index (χ2n) is 7.55. The molecule has 2 aromatic heterocycles. The molecule has 0 aliphatic carbocycles. The number of hydrogen-bond donors (Lipinski definition) is 2. The zero-order valence-electron chi connectivity index (χ0n) is 19.0. The quantitative estimate of drug-likeness (QED) is 0.301. The molecule has 0 unspecified atom stereocenters. The highest BCUT2D eigenvalue weighted by Gasteiger charge is 2.25. The van der Waals surface area contributed by atoms with E-state index in [2.05, 4.69) is 31.2 Å². The van der Waals surface area contributed by atoms with E-state index in [1.54, 1.807) is 31.2 Å². The number of nitrogen functional groups attached to an aromatic ring is 1. The first kappa shape index (κ1) is 22.6. The molecule has 0 aliphatic rings. The van der Waals surface area contributed by atoms with Crippen LogP contribution in [-0.4, -0.2) is 43.5 Å². The largest absolute Gasteiger partial charge is 0.494 e. The van der Waals surface area contributed by atoms with Gasteiger partial charge in [-0.3, -0.25) is 4.79 Å². The predicted octanol–water partition coefficient (Wildman–Crippen LogP) is 3.15. The van der Waals surface area contributed by atoms with Gasteiger partial charge in [0.25, 0.3) is 5.91 Å². The predicted molar refractivity (Wildman–Crippen MR) is 126 cm³/mol. The molecule has 4 aromatic rings. The molecule has 0 aliphatic heterocycles. The van der Waals surface area contributed by atoms with Crippen LogP contribution in [0.15, 0.2) is 58.3 Å². The van der Waals surface area contributed by atoms with Gasteiger partial charge in [-0.25, -0.2) is 10.1 Å². The molecule has 0 atom stereocenters. The Kier molecular flexibility index (Phi) is 6.62. The summed E-state index contributed by atoms with van der Waals surface area (Å²) in [6.45, 7) is 6.44. The standard InChI is InChI=1S/C23H24N8O3/c1-4-13-33-18-11-9-17(10-12-18)20-19(26-30-31(20)22-21(24)28-34-29-22)23(32)27-25-15(3)16-7-5-14(2)6-8-16/h5-12H,4,13H2,1-3H3,(H2,24,28)(H,27,32)/b25-15+. The average Bonchev–Trinajstić information content (AvgIpc) is 3.47. The van der Waals surface area contributed by atoms with E-state index in [-0.39, 0.29) is 17.3 Å². The van der Waals surface area contributed by atoms with Crippen molar-refractivity contribution in [3.8, 4) is 22.8 Å². The van der Waals surface area contributed by atoms with Crippen molar-refractivity contribution in [3.05, 3.63) is 65.4 Å². The number of rotatable bonds is 8. The lowest BCUT2D eigenvalue weighted by atomic mass is 10.1. The van der Waals surface area contributed by atoms with Crippen LogP contribution in [0.5, 0.6) is 5.75 Å². The summed E-state index contributed by atoms with van der Waals surface area (Å²) in [4.78, 5) is 13.1. The number of ether oxygens (including phenoxy) is 1. The molecule has 1 amide bonds. The number of carbonyl (C=O) groups is 1. The van der Waals surface area contributed by atoms with Crippen LogP contribution in [0.2, 0.25) is 0 Å². The molecular formula is C23H24N8O3. The minimum absolute atomic E-state index is 0.00856. The fraction of sp³-hybridized carbons (Fsp3) is 0.217. The third-order valence-corrected chi connectivity index (χ3v) is 4.98. The SMILES string of the molecule is CCCOc1ccc(-c2c(C(=O)N/N=C(\C)c3ccc(C)cc3)nnn2-c2nonc2N)cc1. The molecule has 0 spiro atoms. The van der Waals surface area contributed by atoms with Crippen LogP contribution in [0, 0.1) is 6.92 Å². The molecule has 0 saturated carbocycles. The van der Waals surface area contributed by atoms with Crippen LogP contribution < -0.4 is 15.9 Å². The van der Waals surface area contributed by atoms with Crippen molar-refractivity contribution in [2.75, 3.05) is 12.3 Å². The smallest absolute Gasteiger partial charge is 0.294 e. The summed E-state index contributed by atoms with van der Waals surface area (Å²) in [7, 11) is 0. The van der Waals surface area contributed by atoms with Gasteiger partial charge < -0.3 is 10.5 Å². The molecule has 2 heterocycles. The summed E-state index contributed by atoms with van der Waals surface area (Å²) >= 11 is 0. The third-order valence-electron chi connectivity index (χ3n) is 4.98. The Morgan fingerprint density at radius 1 is 1.15 bits per heavy atom. The summed E-state index contributed by atoms with van der Waals surface area (Å²) in [6.07, 6.45) is 0.893. The van der Waals surface area contributed by atoms with Gasteiger partial charge in [-0.05, 0) is 60.4 Å². The average molecular weight is 460 g/mol. The Balaban J connectivity index is 1.67. The number of nitrogens with zero attached hydrogens (tertiary/aromatic N) is 6. The fourth-order valence-electron chi connectivity index (χ4n) is 3.16. The van der Waals surface area contributed by atoms with Crippen LogP contribution in [0.4, 0.5) is 5.82 Å². The van der Waals surface area contributed by atoms with Gasteiger partial charge in [-0.1, -0.05) is 42.0 Å². The maximum absolute atomic E-state index is 13.1. The fourth-order valence-corrected chi connectivity index (χ4v) is 3.16. The Labute approximate surface area is 195 Å². The third kappa shape index (κ3) is 4.77. The van der Waals surface area contributed by atoms with Crippen molar-refractivity contribution in [2.45, 2.75) is 27.2 Å². The minimum Gasteiger partial charge on any atom is -0.494 e. The van der Waals surface area contributed by atoms with Gasteiger partial charge in [0.1, 0.15) is 11.4 Å². The molecule has 4 rings (SSSR count). The number of hydrogen-bond acceptors (Lipinski definition) is 9. The monoisotopic (exact) mass is 460 g/mol. The zero-order valence-corrected chi connectivity index (χ0v) is 19.0. The van der Waals surface area contributed by atoms with Crippen molar-refractivity contribution in [2.24, 2.45) is 5.10 Å². The number of nitrogens with two attached hydrogens (primary N) is 1. The van der Waals surface area contributed by atoms with Crippen molar-refractivity contribution in [3.63, 3.8) is 0 Å². The van der Waals surface area contributed by atoms with Crippen molar-refractivity contribution >= 4 is 17.4 Å². The number of aromatic nitrogens is 5. The molecule has 0 bridgehead atoms. The lowest BCUT2D eigenvalue weighted by Crippen LogP contribution is -2.21. The van der Waals surface area contributed by atoms with Crippen LogP contribution in [0.3, 0.4) is 0 Å². The van der Waals surface area contributed by atoms with Crippen LogP contribution in [0.1, 0.15) is 41.9 Å². The zero-order chi connectivity index (χ0) is 24.1. The van der Waals surface area contributed by atoms with Gasteiger partial charge >= 0.3 is 0 Å². The van der Waals surface area contributed by atoms with E-state index in [9.17, 15) is 4.79 Å². The van der Waals surface area contributed by atoms with Crippen LogP contribution in [0.25, 0.3) is 17.1 Å². The maximum Gasteiger partial charge on any atom is 0.294 e. The summed E-state index contributed by atoms with van der Waals surface area (Å²) in [5, 5.41) is 19.7. The highest BCUT2D eigenvalue weighted by atomic mass is 16.6. The summed E-state index contributed by atoms with van der Waals surface area (Å²) < 4.78 is 11.7. The number of nitrogens with one attached hydrogen (secondary N) is 1. The van der Waals surface area contributed by atoms with Gasteiger partial charge in [-0.2, -0.15) is 9.78 Å².